The lowest BCUT2D eigenvalue weighted by atomic mass is 10.3. The normalized spacial score (nSPS) is 18.2. The summed E-state index contributed by atoms with van der Waals surface area (Å²) in [6.07, 6.45) is -0.133. The molecule has 21 heavy (non-hydrogen) atoms. The lowest BCUT2D eigenvalue weighted by Crippen LogP contribution is -2.51. The standard InChI is InChI=1S/C15H22N2O4/c1-3-16-15(18)17-8-9-20-12(10-17)11-21-14-7-5-4-6-13(14)19-2/h4-7,12H,3,8-11H2,1-2H3,(H,16,18)/t12-/m1/s1. The van der Waals surface area contributed by atoms with Gasteiger partial charge in [-0.2, -0.15) is 0 Å². The molecule has 1 aliphatic heterocycles. The molecule has 0 saturated carbocycles. The van der Waals surface area contributed by atoms with Crippen molar-refractivity contribution in [2.24, 2.45) is 0 Å². The molecule has 6 heteroatoms. The Morgan fingerprint density at radius 2 is 2.19 bits per heavy atom. The molecule has 0 unspecified atom stereocenters. The number of carbonyl (C=O) groups is 1. The van der Waals surface area contributed by atoms with Crippen LogP contribution in [0.5, 0.6) is 11.5 Å². The molecular formula is C15H22N2O4. The van der Waals surface area contributed by atoms with Gasteiger partial charge in [-0.05, 0) is 19.1 Å². The molecule has 1 atom stereocenters. The molecule has 0 aliphatic carbocycles. The summed E-state index contributed by atoms with van der Waals surface area (Å²) in [7, 11) is 1.61. The van der Waals surface area contributed by atoms with Crippen LogP contribution in [0.15, 0.2) is 24.3 Å². The number of ether oxygens (including phenoxy) is 3. The van der Waals surface area contributed by atoms with Crippen molar-refractivity contribution in [2.75, 3.05) is 40.0 Å². The number of morpholine rings is 1. The van der Waals surface area contributed by atoms with E-state index in [0.717, 1.165) is 0 Å². The minimum Gasteiger partial charge on any atom is -0.493 e. The first-order valence-corrected chi connectivity index (χ1v) is 7.14. The summed E-state index contributed by atoms with van der Waals surface area (Å²) < 4.78 is 16.6. The zero-order chi connectivity index (χ0) is 15.1. The Kier molecular flexibility index (Phi) is 5.68. The average molecular weight is 294 g/mol. The lowest BCUT2D eigenvalue weighted by molar-refractivity contribution is -0.0354. The molecule has 1 fully saturated rings. The van der Waals surface area contributed by atoms with Crippen molar-refractivity contribution < 1.29 is 19.0 Å². The Balaban J connectivity index is 1.86. The van der Waals surface area contributed by atoms with Gasteiger partial charge in [0, 0.05) is 13.1 Å². The van der Waals surface area contributed by atoms with E-state index >= 15 is 0 Å². The van der Waals surface area contributed by atoms with Crippen molar-refractivity contribution in [2.45, 2.75) is 13.0 Å². The van der Waals surface area contributed by atoms with Crippen molar-refractivity contribution in [3.05, 3.63) is 24.3 Å². The Morgan fingerprint density at radius 3 is 2.90 bits per heavy atom. The fraction of sp³-hybridized carbons (Fsp3) is 0.533. The van der Waals surface area contributed by atoms with Crippen LogP contribution in [0.2, 0.25) is 0 Å². The van der Waals surface area contributed by atoms with Crippen LogP contribution in [0, 0.1) is 0 Å². The van der Waals surface area contributed by atoms with E-state index in [-0.39, 0.29) is 12.1 Å². The number of urea groups is 1. The molecule has 1 heterocycles. The van der Waals surface area contributed by atoms with E-state index in [1.807, 2.05) is 31.2 Å². The monoisotopic (exact) mass is 294 g/mol. The smallest absolute Gasteiger partial charge is 0.317 e. The average Bonchev–Trinajstić information content (AvgIpc) is 2.53. The van der Waals surface area contributed by atoms with Crippen LogP contribution in [-0.2, 0) is 4.74 Å². The Morgan fingerprint density at radius 1 is 1.43 bits per heavy atom. The maximum atomic E-state index is 11.8. The molecule has 0 bridgehead atoms. The molecule has 2 rings (SSSR count). The van der Waals surface area contributed by atoms with Gasteiger partial charge in [0.25, 0.3) is 0 Å². The molecular weight excluding hydrogens is 272 g/mol. The molecule has 116 valence electrons. The van der Waals surface area contributed by atoms with Gasteiger partial charge in [0.05, 0.1) is 20.3 Å². The van der Waals surface area contributed by atoms with Gasteiger partial charge in [0.15, 0.2) is 11.5 Å². The van der Waals surface area contributed by atoms with Crippen molar-refractivity contribution >= 4 is 6.03 Å². The number of hydrogen-bond acceptors (Lipinski definition) is 4. The Hall–Kier alpha value is -1.95. The van der Waals surface area contributed by atoms with Crippen LogP contribution in [0.4, 0.5) is 4.79 Å². The number of carbonyl (C=O) groups excluding carboxylic acids is 1. The molecule has 6 nitrogen and oxygen atoms in total. The highest BCUT2D eigenvalue weighted by Crippen LogP contribution is 2.26. The summed E-state index contributed by atoms with van der Waals surface area (Å²) in [6.45, 7) is 4.57. The van der Waals surface area contributed by atoms with Gasteiger partial charge >= 0.3 is 6.03 Å². The fourth-order valence-corrected chi connectivity index (χ4v) is 2.19. The highest BCUT2D eigenvalue weighted by Gasteiger charge is 2.24. The lowest BCUT2D eigenvalue weighted by Gasteiger charge is -2.32. The van der Waals surface area contributed by atoms with Crippen LogP contribution < -0.4 is 14.8 Å². The van der Waals surface area contributed by atoms with Crippen LogP contribution in [-0.4, -0.2) is 57.0 Å². The predicted octanol–water partition coefficient (Wildman–Crippen LogP) is 1.50. The number of amides is 2. The van der Waals surface area contributed by atoms with E-state index in [2.05, 4.69) is 5.32 Å². The third-order valence-corrected chi connectivity index (χ3v) is 3.25. The first-order valence-electron chi connectivity index (χ1n) is 7.14. The van der Waals surface area contributed by atoms with Crippen molar-refractivity contribution in [1.82, 2.24) is 10.2 Å². The third-order valence-electron chi connectivity index (χ3n) is 3.25. The molecule has 1 aromatic rings. The van der Waals surface area contributed by atoms with Gasteiger partial charge in [-0.25, -0.2) is 4.79 Å². The molecule has 0 spiro atoms. The van der Waals surface area contributed by atoms with Crippen LogP contribution in [0.25, 0.3) is 0 Å². The Bertz CT molecular complexity index is 467. The molecule has 2 amide bonds. The second-order valence-corrected chi connectivity index (χ2v) is 4.74. The maximum absolute atomic E-state index is 11.8. The van der Waals surface area contributed by atoms with E-state index < -0.39 is 0 Å². The van der Waals surface area contributed by atoms with Gasteiger partial charge < -0.3 is 24.4 Å². The van der Waals surface area contributed by atoms with Crippen LogP contribution in [0.3, 0.4) is 0 Å². The number of methoxy groups -OCH3 is 1. The number of nitrogens with zero attached hydrogens (tertiary/aromatic N) is 1. The van der Waals surface area contributed by atoms with Gasteiger partial charge in [-0.1, -0.05) is 12.1 Å². The SMILES string of the molecule is CCNC(=O)N1CCO[C@@H](COc2ccccc2OC)C1. The largest absolute Gasteiger partial charge is 0.493 e. The molecule has 1 saturated heterocycles. The number of nitrogens with one attached hydrogen (secondary N) is 1. The van der Waals surface area contributed by atoms with Crippen molar-refractivity contribution in [3.8, 4) is 11.5 Å². The summed E-state index contributed by atoms with van der Waals surface area (Å²) in [6, 6.07) is 7.42. The predicted molar refractivity (Wildman–Crippen MR) is 78.9 cm³/mol. The summed E-state index contributed by atoms with van der Waals surface area (Å²) in [5.74, 6) is 1.37. The van der Waals surface area contributed by atoms with Crippen LogP contribution >= 0.6 is 0 Å². The number of benzene rings is 1. The van der Waals surface area contributed by atoms with Gasteiger partial charge in [0.2, 0.25) is 0 Å². The highest BCUT2D eigenvalue weighted by molar-refractivity contribution is 5.74. The summed E-state index contributed by atoms with van der Waals surface area (Å²) >= 11 is 0. The first-order chi connectivity index (χ1) is 10.2. The van der Waals surface area contributed by atoms with E-state index in [4.69, 9.17) is 14.2 Å². The van der Waals surface area contributed by atoms with E-state index in [9.17, 15) is 4.79 Å². The first kappa shape index (κ1) is 15.4. The summed E-state index contributed by atoms with van der Waals surface area (Å²) in [5, 5.41) is 2.80. The summed E-state index contributed by atoms with van der Waals surface area (Å²) in [4.78, 5) is 13.6. The quantitative estimate of drug-likeness (QED) is 0.894. The Labute approximate surface area is 125 Å². The highest BCUT2D eigenvalue weighted by atomic mass is 16.5. The zero-order valence-electron chi connectivity index (χ0n) is 12.5. The molecule has 1 aromatic carbocycles. The number of hydrogen-bond donors (Lipinski definition) is 1. The van der Waals surface area contributed by atoms with Gasteiger partial charge in [-0.3, -0.25) is 0 Å². The second kappa shape index (κ2) is 7.73. The molecule has 1 N–H and O–H groups in total. The number of rotatable bonds is 5. The van der Waals surface area contributed by atoms with Gasteiger partial charge in [-0.15, -0.1) is 0 Å². The molecule has 1 aliphatic rings. The minimum absolute atomic E-state index is 0.0527. The molecule has 0 aromatic heterocycles. The third kappa shape index (κ3) is 4.26. The minimum atomic E-state index is -0.133. The number of para-hydroxylation sites is 2. The maximum Gasteiger partial charge on any atom is 0.317 e. The van der Waals surface area contributed by atoms with E-state index in [1.54, 1.807) is 12.0 Å². The van der Waals surface area contributed by atoms with Crippen molar-refractivity contribution in [1.29, 1.82) is 0 Å². The molecule has 0 radical (unpaired) electrons. The van der Waals surface area contributed by atoms with Crippen LogP contribution in [0.1, 0.15) is 6.92 Å². The van der Waals surface area contributed by atoms with E-state index in [0.29, 0.717) is 44.3 Å². The second-order valence-electron chi connectivity index (χ2n) is 4.74. The fourth-order valence-electron chi connectivity index (χ4n) is 2.19. The summed E-state index contributed by atoms with van der Waals surface area (Å²) in [5.41, 5.74) is 0. The van der Waals surface area contributed by atoms with E-state index in [1.165, 1.54) is 0 Å². The topological polar surface area (TPSA) is 60.0 Å². The van der Waals surface area contributed by atoms with Gasteiger partial charge in [0.1, 0.15) is 12.7 Å². The van der Waals surface area contributed by atoms with Crippen molar-refractivity contribution in [3.63, 3.8) is 0 Å². The zero-order valence-corrected chi connectivity index (χ0v) is 12.5.